The topological polar surface area (TPSA) is 100 Å². The van der Waals surface area contributed by atoms with Crippen LogP contribution in [0.2, 0.25) is 0 Å². The van der Waals surface area contributed by atoms with E-state index in [0.29, 0.717) is 30.7 Å². The van der Waals surface area contributed by atoms with Gasteiger partial charge in [0, 0.05) is 38.1 Å². The van der Waals surface area contributed by atoms with Gasteiger partial charge in [0.05, 0.1) is 17.5 Å². The maximum Gasteiger partial charge on any atom is 0.291 e. The number of nitrogens with zero attached hydrogens (tertiary/aromatic N) is 3. The molecule has 0 saturated carbocycles. The van der Waals surface area contributed by atoms with E-state index < -0.39 is 23.4 Å². The van der Waals surface area contributed by atoms with Crippen molar-refractivity contribution in [3.8, 4) is 5.75 Å². The molecule has 8 nitrogen and oxygen atoms in total. The average Bonchev–Trinajstić information content (AvgIpc) is 3.22. The van der Waals surface area contributed by atoms with Gasteiger partial charge < -0.3 is 19.9 Å². The SMILES string of the molecule is CC(=O)N1CCC(Oc2cc3c(NCc4cccc(C(F)F)c4F)nc(C)nc3[nH]c2=O)C1. The van der Waals surface area contributed by atoms with Gasteiger partial charge in [0.1, 0.15) is 29.2 Å². The van der Waals surface area contributed by atoms with Crippen molar-refractivity contribution >= 4 is 22.8 Å². The summed E-state index contributed by atoms with van der Waals surface area (Å²) in [7, 11) is 0. The summed E-state index contributed by atoms with van der Waals surface area (Å²) in [5.74, 6) is -0.365. The van der Waals surface area contributed by atoms with E-state index in [-0.39, 0.29) is 41.3 Å². The number of H-pyrrole nitrogens is 1. The molecule has 1 amide bonds. The highest BCUT2D eigenvalue weighted by atomic mass is 19.3. The van der Waals surface area contributed by atoms with E-state index in [1.807, 2.05) is 0 Å². The van der Waals surface area contributed by atoms with Crippen LogP contribution in [0.5, 0.6) is 5.75 Å². The summed E-state index contributed by atoms with van der Waals surface area (Å²) < 4.78 is 46.2. The predicted octanol–water partition coefficient (Wildman–Crippen LogP) is 3.31. The minimum Gasteiger partial charge on any atom is -0.483 e. The largest absolute Gasteiger partial charge is 0.483 e. The van der Waals surface area contributed by atoms with Crippen LogP contribution < -0.4 is 15.6 Å². The van der Waals surface area contributed by atoms with Crippen LogP contribution in [0, 0.1) is 12.7 Å². The van der Waals surface area contributed by atoms with E-state index in [1.54, 1.807) is 11.8 Å². The number of benzene rings is 1. The first-order valence-electron chi connectivity index (χ1n) is 10.4. The number of carbonyl (C=O) groups is 1. The lowest BCUT2D eigenvalue weighted by molar-refractivity contribution is -0.128. The number of aromatic nitrogens is 3. The second-order valence-corrected chi connectivity index (χ2v) is 7.81. The van der Waals surface area contributed by atoms with Crippen LogP contribution in [0.1, 0.15) is 36.7 Å². The highest BCUT2D eigenvalue weighted by Crippen LogP contribution is 2.26. The summed E-state index contributed by atoms with van der Waals surface area (Å²) in [6.07, 6.45) is -2.67. The Morgan fingerprint density at radius 3 is 2.85 bits per heavy atom. The van der Waals surface area contributed by atoms with Crippen LogP contribution >= 0.6 is 0 Å². The van der Waals surface area contributed by atoms with Gasteiger partial charge in [-0.3, -0.25) is 9.59 Å². The molecule has 1 fully saturated rings. The second kappa shape index (κ2) is 9.08. The van der Waals surface area contributed by atoms with Crippen LogP contribution in [-0.2, 0) is 11.3 Å². The first-order valence-corrected chi connectivity index (χ1v) is 10.4. The van der Waals surface area contributed by atoms with Gasteiger partial charge in [-0.05, 0) is 6.92 Å². The van der Waals surface area contributed by atoms with Crippen molar-refractivity contribution in [1.82, 2.24) is 19.9 Å². The molecule has 0 spiro atoms. The van der Waals surface area contributed by atoms with Gasteiger partial charge in [-0.2, -0.15) is 0 Å². The number of fused-ring (bicyclic) bond motifs is 1. The zero-order valence-electron chi connectivity index (χ0n) is 18.0. The molecule has 0 aliphatic carbocycles. The minimum atomic E-state index is -2.92. The quantitative estimate of drug-likeness (QED) is 0.584. The second-order valence-electron chi connectivity index (χ2n) is 7.81. The Morgan fingerprint density at radius 1 is 1.36 bits per heavy atom. The minimum absolute atomic E-state index is 0.0410. The summed E-state index contributed by atoms with van der Waals surface area (Å²) >= 11 is 0. The molecule has 0 radical (unpaired) electrons. The van der Waals surface area contributed by atoms with Gasteiger partial charge in [0.2, 0.25) is 5.91 Å². The number of likely N-dealkylation sites (tertiary alicyclic amines) is 1. The number of ether oxygens (including phenoxy) is 1. The molecule has 3 aromatic rings. The molecule has 1 aromatic carbocycles. The number of rotatable bonds is 6. The molecular formula is C22H22F3N5O3. The van der Waals surface area contributed by atoms with E-state index in [2.05, 4.69) is 20.3 Å². The fourth-order valence-electron chi connectivity index (χ4n) is 3.77. The first kappa shape index (κ1) is 22.6. The number of aromatic amines is 1. The van der Waals surface area contributed by atoms with E-state index in [4.69, 9.17) is 4.74 Å². The van der Waals surface area contributed by atoms with E-state index in [9.17, 15) is 22.8 Å². The first-order chi connectivity index (χ1) is 15.7. The molecule has 1 unspecified atom stereocenters. The Balaban J connectivity index is 1.62. The van der Waals surface area contributed by atoms with Crippen molar-refractivity contribution in [2.45, 2.75) is 39.3 Å². The van der Waals surface area contributed by atoms with Crippen molar-refractivity contribution in [3.63, 3.8) is 0 Å². The maximum atomic E-state index is 14.4. The van der Waals surface area contributed by atoms with Crippen LogP contribution in [0.3, 0.4) is 0 Å². The monoisotopic (exact) mass is 461 g/mol. The maximum absolute atomic E-state index is 14.4. The standard InChI is InChI=1S/C22H22F3N5O3/c1-11-27-20(26-9-13-4-3-5-15(18(13)23)19(24)25)16-8-17(22(32)29-21(16)28-11)33-14-6-7-30(10-14)12(2)31/h3-5,8,14,19H,6-7,9-10H2,1-2H3,(H2,26,27,28,29,32). The number of carbonyl (C=O) groups excluding carboxylic acids is 1. The van der Waals surface area contributed by atoms with Gasteiger partial charge in [0.25, 0.3) is 12.0 Å². The van der Waals surface area contributed by atoms with Crippen molar-refractivity contribution in [3.05, 3.63) is 57.4 Å². The Morgan fingerprint density at radius 2 is 2.15 bits per heavy atom. The zero-order chi connectivity index (χ0) is 23.7. The predicted molar refractivity (Wildman–Crippen MR) is 115 cm³/mol. The van der Waals surface area contributed by atoms with Crippen molar-refractivity contribution < 1.29 is 22.7 Å². The van der Waals surface area contributed by atoms with Crippen LogP contribution in [0.4, 0.5) is 19.0 Å². The van der Waals surface area contributed by atoms with Gasteiger partial charge in [0.15, 0.2) is 5.75 Å². The van der Waals surface area contributed by atoms with Crippen LogP contribution in [0.15, 0.2) is 29.1 Å². The van der Waals surface area contributed by atoms with Gasteiger partial charge in [-0.25, -0.2) is 23.1 Å². The Kier molecular flexibility index (Phi) is 6.21. The lowest BCUT2D eigenvalue weighted by Crippen LogP contribution is -2.29. The molecule has 1 aliphatic heterocycles. The molecule has 1 atom stereocenters. The number of hydrogen-bond donors (Lipinski definition) is 2. The Labute approximate surface area is 186 Å². The lowest BCUT2D eigenvalue weighted by atomic mass is 10.1. The molecule has 174 valence electrons. The van der Waals surface area contributed by atoms with Crippen LogP contribution in [-0.4, -0.2) is 45.0 Å². The Hall–Kier alpha value is -3.63. The molecule has 11 heteroatoms. The number of nitrogens with one attached hydrogen (secondary N) is 2. The summed E-state index contributed by atoms with van der Waals surface area (Å²) in [6, 6.07) is 5.29. The van der Waals surface area contributed by atoms with Gasteiger partial charge in [-0.15, -0.1) is 0 Å². The molecular weight excluding hydrogens is 439 g/mol. The van der Waals surface area contributed by atoms with Crippen molar-refractivity contribution in [2.24, 2.45) is 0 Å². The number of amides is 1. The highest BCUT2D eigenvalue weighted by Gasteiger charge is 2.26. The number of hydrogen-bond acceptors (Lipinski definition) is 6. The molecule has 33 heavy (non-hydrogen) atoms. The molecule has 1 saturated heterocycles. The number of aryl methyl sites for hydroxylation is 1. The molecule has 3 heterocycles. The molecule has 1 aliphatic rings. The fourth-order valence-corrected chi connectivity index (χ4v) is 3.77. The third-order valence-electron chi connectivity index (χ3n) is 5.46. The summed E-state index contributed by atoms with van der Waals surface area (Å²) in [6.45, 7) is 3.91. The van der Waals surface area contributed by atoms with Crippen LogP contribution in [0.25, 0.3) is 11.0 Å². The number of pyridine rings is 1. The molecule has 4 rings (SSSR count). The van der Waals surface area contributed by atoms with Gasteiger partial charge >= 0.3 is 0 Å². The van der Waals surface area contributed by atoms with Crippen molar-refractivity contribution in [1.29, 1.82) is 0 Å². The number of anilines is 1. The number of halogens is 3. The molecule has 2 N–H and O–H groups in total. The average molecular weight is 461 g/mol. The van der Waals surface area contributed by atoms with Crippen molar-refractivity contribution in [2.75, 3.05) is 18.4 Å². The van der Waals surface area contributed by atoms with E-state index >= 15 is 0 Å². The normalized spacial score (nSPS) is 15.9. The Bertz CT molecular complexity index is 1260. The third kappa shape index (κ3) is 4.76. The number of alkyl halides is 2. The fraction of sp³-hybridized carbons (Fsp3) is 0.364. The third-order valence-corrected chi connectivity index (χ3v) is 5.46. The van der Waals surface area contributed by atoms with Gasteiger partial charge in [-0.1, -0.05) is 18.2 Å². The molecule has 2 aromatic heterocycles. The van der Waals surface area contributed by atoms with E-state index in [0.717, 1.165) is 6.07 Å². The summed E-state index contributed by atoms with van der Waals surface area (Å²) in [5.41, 5.74) is -0.855. The smallest absolute Gasteiger partial charge is 0.291 e. The summed E-state index contributed by atoms with van der Waals surface area (Å²) in [4.78, 5) is 36.9. The highest BCUT2D eigenvalue weighted by molar-refractivity contribution is 5.87. The summed E-state index contributed by atoms with van der Waals surface area (Å²) in [5, 5.41) is 3.37. The molecule has 0 bridgehead atoms. The van der Waals surface area contributed by atoms with E-state index in [1.165, 1.54) is 25.1 Å². The lowest BCUT2D eigenvalue weighted by Gasteiger charge is -2.16. The zero-order valence-corrected chi connectivity index (χ0v) is 18.0.